The Bertz CT molecular complexity index is 687. The van der Waals surface area contributed by atoms with Gasteiger partial charge in [-0.15, -0.1) is 0 Å². The molecular weight excluding hydrogens is 487 g/mol. The molecule has 2 saturated heterocycles. The molecule has 0 aromatic carbocycles. The molecule has 4 rings (SSSR count). The molecule has 2 aliphatic carbocycles. The summed E-state index contributed by atoms with van der Waals surface area (Å²) < 4.78 is 0.895. The summed E-state index contributed by atoms with van der Waals surface area (Å²) in [4.78, 5) is 0. The third-order valence-electron chi connectivity index (χ3n) is 8.61. The van der Waals surface area contributed by atoms with Gasteiger partial charge in [0.05, 0.1) is 0 Å². The zero-order chi connectivity index (χ0) is 20.6. The molecular formula is C26H42Cl2Si2Ti. The van der Waals surface area contributed by atoms with E-state index in [-0.39, 0.29) is 44.0 Å². The predicted octanol–water partition coefficient (Wildman–Crippen LogP) is 2.81. The summed E-state index contributed by atoms with van der Waals surface area (Å²) in [5, 5.41) is 3.67. The van der Waals surface area contributed by atoms with Crippen LogP contribution in [0.2, 0.25) is 44.7 Å². The second-order valence-corrected chi connectivity index (χ2v) is 23.8. The second-order valence-electron chi connectivity index (χ2n) is 11.1. The maximum atomic E-state index is 2.86. The average Bonchev–Trinajstić information content (AvgIpc) is 3.27. The van der Waals surface area contributed by atoms with E-state index in [1.165, 1.54) is 51.4 Å². The quantitative estimate of drug-likeness (QED) is 0.382. The van der Waals surface area contributed by atoms with Crippen molar-refractivity contribution in [3.63, 3.8) is 0 Å². The summed E-state index contributed by atoms with van der Waals surface area (Å²) in [6.07, 6.45) is 27.7. The zero-order valence-corrected chi connectivity index (χ0v) is 25.3. The molecule has 31 heavy (non-hydrogen) atoms. The molecule has 0 radical (unpaired) electrons. The molecule has 2 heterocycles. The van der Waals surface area contributed by atoms with Crippen LogP contribution in [0.1, 0.15) is 65.2 Å². The van der Waals surface area contributed by atoms with Gasteiger partial charge < -0.3 is 24.8 Å². The van der Waals surface area contributed by atoms with Crippen molar-refractivity contribution >= 4 is 16.1 Å². The van der Waals surface area contributed by atoms with Gasteiger partial charge in [-0.3, -0.25) is 0 Å². The van der Waals surface area contributed by atoms with Gasteiger partial charge >= 0.3 is 192 Å². The first-order valence-electron chi connectivity index (χ1n) is 12.5. The van der Waals surface area contributed by atoms with Gasteiger partial charge in [-0.25, -0.2) is 0 Å². The molecule has 0 nitrogen and oxygen atoms in total. The molecule has 0 aromatic rings. The Morgan fingerprint density at radius 1 is 0.742 bits per heavy atom. The van der Waals surface area contributed by atoms with Crippen LogP contribution in [0.3, 0.4) is 0 Å². The summed E-state index contributed by atoms with van der Waals surface area (Å²) in [5.41, 5.74) is 0. The predicted molar refractivity (Wildman–Crippen MR) is 131 cm³/mol. The topological polar surface area (TPSA) is 0 Å². The largest absolute Gasteiger partial charge is 1.00 e. The van der Waals surface area contributed by atoms with E-state index in [2.05, 4.69) is 63.4 Å². The van der Waals surface area contributed by atoms with Crippen LogP contribution in [0.4, 0.5) is 0 Å². The Morgan fingerprint density at radius 2 is 1.13 bits per heavy atom. The summed E-state index contributed by atoms with van der Waals surface area (Å²) in [7, 11) is -2.14. The molecule has 5 heteroatoms. The van der Waals surface area contributed by atoms with Gasteiger partial charge in [0.25, 0.3) is 0 Å². The van der Waals surface area contributed by atoms with Crippen LogP contribution in [0.5, 0.6) is 0 Å². The van der Waals surface area contributed by atoms with Crippen LogP contribution in [0, 0.1) is 0 Å². The minimum Gasteiger partial charge on any atom is -1.00 e. The van der Waals surface area contributed by atoms with E-state index in [1.54, 1.807) is 24.2 Å². The summed E-state index contributed by atoms with van der Waals surface area (Å²) in [5.74, 6) is 0. The number of allylic oxidation sites excluding steroid dienone is 8. The molecule has 4 aliphatic rings. The molecule has 2 aliphatic heterocycles. The van der Waals surface area contributed by atoms with Gasteiger partial charge in [-0.1, -0.05) is 0 Å². The van der Waals surface area contributed by atoms with Crippen molar-refractivity contribution < 1.29 is 44.0 Å². The van der Waals surface area contributed by atoms with Gasteiger partial charge in [0.1, 0.15) is 0 Å². The van der Waals surface area contributed by atoms with Crippen LogP contribution >= 0.6 is 0 Å². The van der Waals surface area contributed by atoms with Crippen LogP contribution < -0.4 is 24.8 Å². The van der Waals surface area contributed by atoms with E-state index >= 15 is 0 Å². The minimum atomic E-state index is -1.07. The van der Waals surface area contributed by atoms with Crippen molar-refractivity contribution in [2.45, 2.75) is 110 Å². The van der Waals surface area contributed by atoms with Crippen LogP contribution in [-0.4, -0.2) is 16.1 Å². The van der Waals surface area contributed by atoms with Gasteiger partial charge in [0.2, 0.25) is 0 Å². The normalized spacial score (nSPS) is 31.5. The van der Waals surface area contributed by atoms with Gasteiger partial charge in [0, 0.05) is 0 Å². The molecule has 0 amide bonds. The molecule has 2 unspecified atom stereocenters. The van der Waals surface area contributed by atoms with Gasteiger partial charge in [-0.05, 0) is 0 Å². The molecule has 0 aromatic heterocycles. The SMILES string of the molecule is CCCC[C]1([Ti+2][C]2(CCCC)C=CC([Si]3(C)CCC3)=C2)C=CC([Si]2(C)CCC2)=C1.[Cl-].[Cl-]. The molecule has 0 spiro atoms. The molecule has 2 atom stereocenters. The molecule has 172 valence electrons. The Hall–Kier alpha value is 0.688. The van der Waals surface area contributed by atoms with E-state index in [4.69, 9.17) is 0 Å². The maximum Gasteiger partial charge on any atom is -1.00 e. The van der Waals surface area contributed by atoms with E-state index < -0.39 is 16.1 Å². The second kappa shape index (κ2) is 11.0. The first kappa shape index (κ1) is 27.9. The fraction of sp³-hybridized carbons (Fsp3) is 0.692. The Kier molecular flexibility index (Phi) is 9.87. The monoisotopic (exact) mass is 528 g/mol. The van der Waals surface area contributed by atoms with Crippen LogP contribution in [-0.2, 0) is 19.2 Å². The van der Waals surface area contributed by atoms with E-state index in [0.717, 1.165) is 0 Å². The smallest absolute Gasteiger partial charge is 1.00 e. The van der Waals surface area contributed by atoms with E-state index in [0.29, 0.717) is 7.44 Å². The fourth-order valence-corrected chi connectivity index (χ4v) is 16.1. The standard InChI is InChI=1S/2C13H21Si.2ClH.Ti/c2*1-3-4-6-12-7-8-13(11-12)14(2)9-5-10-14;;;/h2*7-8,11H,3-6,9-10H2,1-2H3;2*1H;/q;;;;+2/p-2. The number of rotatable bonds is 10. The van der Waals surface area contributed by atoms with Crippen LogP contribution in [0.15, 0.2) is 46.8 Å². The van der Waals surface area contributed by atoms with Gasteiger partial charge in [0.15, 0.2) is 0 Å². The summed E-state index contributed by atoms with van der Waals surface area (Å²) >= 11 is -0.154. The molecule has 0 bridgehead atoms. The number of hydrogen-bond donors (Lipinski definition) is 0. The van der Waals surface area contributed by atoms with Crippen molar-refractivity contribution in [1.82, 2.24) is 0 Å². The Balaban J connectivity index is 0.00000171. The number of hydrogen-bond acceptors (Lipinski definition) is 0. The molecule has 0 saturated carbocycles. The van der Waals surface area contributed by atoms with E-state index in [9.17, 15) is 0 Å². The van der Waals surface area contributed by atoms with Crippen molar-refractivity contribution in [3.05, 3.63) is 46.8 Å². The third kappa shape index (κ3) is 5.68. The maximum absolute atomic E-state index is 2.86. The summed E-state index contributed by atoms with van der Waals surface area (Å²) in [6, 6.07) is 6.17. The zero-order valence-electron chi connectivity index (χ0n) is 20.2. The third-order valence-corrected chi connectivity index (χ3v) is 21.1. The van der Waals surface area contributed by atoms with Gasteiger partial charge in [-0.2, -0.15) is 0 Å². The molecule has 0 N–H and O–H groups in total. The van der Waals surface area contributed by atoms with Crippen molar-refractivity contribution in [2.24, 2.45) is 0 Å². The summed E-state index contributed by atoms with van der Waals surface area (Å²) in [6.45, 7) is 10.1. The Labute approximate surface area is 215 Å². The fourth-order valence-electron chi connectivity index (χ4n) is 5.93. The first-order valence-corrected chi connectivity index (χ1v) is 19.9. The molecule has 2 fully saturated rings. The average molecular weight is 530 g/mol. The van der Waals surface area contributed by atoms with E-state index in [1.807, 2.05) is 10.4 Å². The number of unbranched alkanes of at least 4 members (excludes halogenated alkanes) is 2. The van der Waals surface area contributed by atoms with Crippen molar-refractivity contribution in [1.29, 1.82) is 0 Å². The minimum absolute atomic E-state index is 0. The first-order chi connectivity index (χ1) is 13.9. The Morgan fingerprint density at radius 3 is 1.42 bits per heavy atom. The van der Waals surface area contributed by atoms with Crippen LogP contribution in [0.25, 0.3) is 0 Å². The number of halogens is 2. The van der Waals surface area contributed by atoms with Crippen molar-refractivity contribution in [2.75, 3.05) is 0 Å². The van der Waals surface area contributed by atoms with Crippen molar-refractivity contribution in [3.8, 4) is 0 Å².